The van der Waals surface area contributed by atoms with E-state index in [0.717, 1.165) is 11.1 Å². The van der Waals surface area contributed by atoms with Crippen LogP contribution in [0.1, 0.15) is 22.1 Å². The summed E-state index contributed by atoms with van der Waals surface area (Å²) in [7, 11) is 0. The molecule has 0 saturated carbocycles. The van der Waals surface area contributed by atoms with Gasteiger partial charge in [0.15, 0.2) is 5.78 Å². The maximum Gasteiger partial charge on any atom is 0.186 e. The van der Waals surface area contributed by atoms with Crippen molar-refractivity contribution in [2.75, 3.05) is 0 Å². The van der Waals surface area contributed by atoms with Crippen LogP contribution in [0, 0.1) is 5.41 Å². The number of Topliss-reactive ketones (excluding diaryl/α,β-unsaturated/α-hetero) is 1. The average molecular weight is 393 g/mol. The van der Waals surface area contributed by atoms with Gasteiger partial charge in [0.05, 0.1) is 9.95 Å². The summed E-state index contributed by atoms with van der Waals surface area (Å²) in [5.41, 5.74) is 1.91. The van der Waals surface area contributed by atoms with E-state index >= 15 is 0 Å². The second-order valence-electron chi connectivity index (χ2n) is 5.95. The molecule has 4 rings (SSSR count). The van der Waals surface area contributed by atoms with Crippen molar-refractivity contribution in [3.05, 3.63) is 87.2 Å². The van der Waals surface area contributed by atoms with E-state index < -0.39 is 5.92 Å². The molecule has 1 aliphatic heterocycles. The number of allylic oxidation sites excluding steroid dienone is 1. The molecule has 0 spiro atoms. The lowest BCUT2D eigenvalue weighted by Gasteiger charge is -2.09. The Morgan fingerprint density at radius 1 is 1.11 bits per heavy atom. The highest BCUT2D eigenvalue weighted by molar-refractivity contribution is 8.19. The summed E-state index contributed by atoms with van der Waals surface area (Å²) in [5.74, 6) is 0.0722. The Kier molecular flexibility index (Phi) is 5.18. The third kappa shape index (κ3) is 3.86. The fraction of sp³-hybridized carbons (Fsp3) is 0.0952. The second kappa shape index (κ2) is 7.90. The van der Waals surface area contributed by atoms with Crippen LogP contribution in [-0.4, -0.2) is 15.8 Å². The maximum atomic E-state index is 12.8. The number of ether oxygens (including phenoxy) is 1. The minimum atomic E-state index is -0.571. The molecule has 0 radical (unpaired) electrons. The summed E-state index contributed by atoms with van der Waals surface area (Å²) in [6, 6.07) is 17.6. The molecule has 4 nitrogen and oxygen atoms in total. The van der Waals surface area contributed by atoms with E-state index in [0.29, 0.717) is 27.3 Å². The van der Waals surface area contributed by atoms with Gasteiger partial charge in [-0.1, -0.05) is 60.3 Å². The van der Waals surface area contributed by atoms with Crippen LogP contribution in [0.15, 0.2) is 71.1 Å². The van der Waals surface area contributed by atoms with Gasteiger partial charge in [-0.05, 0) is 17.7 Å². The number of rotatable bonds is 5. The molecule has 1 saturated heterocycles. The summed E-state index contributed by atoms with van der Waals surface area (Å²) in [5, 5.41) is 11.0. The number of hydrogen-bond donors (Lipinski definition) is 1. The molecule has 3 aromatic rings. The third-order valence-electron chi connectivity index (χ3n) is 4.13. The number of carbonyl (C=O) groups excluding carboxylic acids is 1. The molecule has 2 aromatic carbocycles. The third-order valence-corrected chi connectivity index (χ3v) is 5.96. The van der Waals surface area contributed by atoms with Crippen LogP contribution in [0.4, 0.5) is 0 Å². The lowest BCUT2D eigenvalue weighted by atomic mass is 10.0. The normalized spacial score (nSPS) is 18.2. The van der Waals surface area contributed by atoms with Gasteiger partial charge < -0.3 is 4.74 Å². The molecular weight excluding hydrogens is 376 g/mol. The fourth-order valence-corrected chi connectivity index (χ4v) is 4.59. The first-order valence-corrected chi connectivity index (χ1v) is 10.1. The quantitative estimate of drug-likeness (QED) is 0.611. The van der Waals surface area contributed by atoms with Crippen molar-refractivity contribution in [3.63, 3.8) is 0 Å². The van der Waals surface area contributed by atoms with Crippen LogP contribution in [0.3, 0.4) is 0 Å². The Balaban J connectivity index is 1.57. The molecular formula is C21H16N2O2S2. The van der Waals surface area contributed by atoms with E-state index in [4.69, 9.17) is 10.1 Å². The minimum Gasteiger partial charge on any atom is -0.488 e. The Hall–Kier alpha value is -2.70. The average Bonchev–Trinajstić information content (AvgIpc) is 3.30. The van der Waals surface area contributed by atoms with Gasteiger partial charge in [0.2, 0.25) is 0 Å². The van der Waals surface area contributed by atoms with Crippen LogP contribution in [-0.2, 0) is 11.4 Å². The van der Waals surface area contributed by atoms with Crippen molar-refractivity contribution in [1.29, 1.82) is 5.41 Å². The van der Waals surface area contributed by atoms with Crippen molar-refractivity contribution in [2.24, 2.45) is 0 Å². The molecule has 1 aliphatic rings. The largest absolute Gasteiger partial charge is 0.488 e. The van der Waals surface area contributed by atoms with Gasteiger partial charge in [0, 0.05) is 17.1 Å². The van der Waals surface area contributed by atoms with Crippen molar-refractivity contribution >= 4 is 40.0 Å². The number of nitrogens with zero attached hydrogens (tertiary/aromatic N) is 1. The smallest absolute Gasteiger partial charge is 0.186 e. The Bertz CT molecular complexity index is 998. The van der Waals surface area contributed by atoms with Gasteiger partial charge in [0.1, 0.15) is 23.3 Å². The predicted molar refractivity (Wildman–Crippen MR) is 110 cm³/mol. The van der Waals surface area contributed by atoms with Gasteiger partial charge >= 0.3 is 0 Å². The number of hydrogen-bond acceptors (Lipinski definition) is 6. The number of benzene rings is 2. The molecule has 2 heterocycles. The van der Waals surface area contributed by atoms with Gasteiger partial charge in [-0.25, -0.2) is 4.98 Å². The number of nitrogens with one attached hydrogen (secondary N) is 1. The van der Waals surface area contributed by atoms with Crippen LogP contribution >= 0.6 is 23.1 Å². The Labute approximate surface area is 165 Å². The monoisotopic (exact) mass is 392 g/mol. The van der Waals surface area contributed by atoms with E-state index in [-0.39, 0.29) is 5.78 Å². The molecule has 1 atom stereocenters. The van der Waals surface area contributed by atoms with Crippen LogP contribution in [0.25, 0.3) is 6.08 Å². The van der Waals surface area contributed by atoms with Crippen molar-refractivity contribution in [2.45, 2.75) is 12.5 Å². The fourth-order valence-electron chi connectivity index (χ4n) is 2.80. The van der Waals surface area contributed by atoms with Crippen LogP contribution in [0.5, 0.6) is 5.75 Å². The standard InChI is InChI=1S/C21H16N2O2S2/c22-20-18(21-23-10-11-26-21)19(24)17(27-20)12-15-8-4-5-9-16(15)25-13-14-6-2-1-3-7-14/h1-12,18,22H,13H2/b17-12-,22-20?/t18-/m1/s1. The van der Waals surface area contributed by atoms with E-state index in [2.05, 4.69) is 4.98 Å². The first-order chi connectivity index (χ1) is 13.2. The van der Waals surface area contributed by atoms with Gasteiger partial charge in [-0.3, -0.25) is 10.2 Å². The molecule has 0 unspecified atom stereocenters. The van der Waals surface area contributed by atoms with E-state index in [1.807, 2.05) is 66.1 Å². The Morgan fingerprint density at radius 2 is 1.89 bits per heavy atom. The number of para-hydroxylation sites is 1. The highest BCUT2D eigenvalue weighted by atomic mass is 32.2. The zero-order valence-electron chi connectivity index (χ0n) is 14.3. The predicted octanol–water partition coefficient (Wildman–Crippen LogP) is 5.14. The molecule has 27 heavy (non-hydrogen) atoms. The van der Waals surface area contributed by atoms with Crippen molar-refractivity contribution in [1.82, 2.24) is 4.98 Å². The highest BCUT2D eigenvalue weighted by Gasteiger charge is 2.38. The lowest BCUT2D eigenvalue weighted by Crippen LogP contribution is -2.11. The zero-order valence-corrected chi connectivity index (χ0v) is 15.9. The summed E-state index contributed by atoms with van der Waals surface area (Å²) in [6.45, 7) is 0.458. The SMILES string of the molecule is N=C1S/C(=C\c2ccccc2OCc2ccccc2)C(=O)[C@H]1c1nccs1. The molecule has 0 amide bonds. The first kappa shape index (κ1) is 17.7. The number of aromatic nitrogens is 1. The number of thioether (sulfide) groups is 1. The summed E-state index contributed by atoms with van der Waals surface area (Å²) in [4.78, 5) is 17.6. The molecule has 1 fully saturated rings. The van der Waals surface area contributed by atoms with E-state index in [1.54, 1.807) is 6.20 Å². The summed E-state index contributed by atoms with van der Waals surface area (Å²) >= 11 is 2.61. The summed E-state index contributed by atoms with van der Waals surface area (Å²) < 4.78 is 5.97. The molecule has 134 valence electrons. The molecule has 0 bridgehead atoms. The minimum absolute atomic E-state index is 0.0715. The van der Waals surface area contributed by atoms with Crippen molar-refractivity contribution < 1.29 is 9.53 Å². The molecule has 1 N–H and O–H groups in total. The zero-order chi connectivity index (χ0) is 18.6. The van der Waals surface area contributed by atoms with Crippen LogP contribution < -0.4 is 4.74 Å². The van der Waals surface area contributed by atoms with E-state index in [9.17, 15) is 4.79 Å². The molecule has 6 heteroatoms. The summed E-state index contributed by atoms with van der Waals surface area (Å²) in [6.07, 6.45) is 3.48. The Morgan fingerprint density at radius 3 is 2.67 bits per heavy atom. The van der Waals surface area contributed by atoms with Crippen molar-refractivity contribution in [3.8, 4) is 5.75 Å². The number of thiazole rings is 1. The first-order valence-electron chi connectivity index (χ1n) is 8.40. The second-order valence-corrected chi connectivity index (χ2v) is 7.96. The highest BCUT2D eigenvalue weighted by Crippen LogP contribution is 2.41. The van der Waals surface area contributed by atoms with Crippen LogP contribution in [0.2, 0.25) is 0 Å². The van der Waals surface area contributed by atoms with E-state index in [1.165, 1.54) is 23.1 Å². The number of ketones is 1. The topological polar surface area (TPSA) is 63.0 Å². The maximum absolute atomic E-state index is 12.8. The lowest BCUT2D eigenvalue weighted by molar-refractivity contribution is -0.114. The van der Waals surface area contributed by atoms with Gasteiger partial charge in [-0.2, -0.15) is 0 Å². The molecule has 1 aromatic heterocycles. The molecule has 0 aliphatic carbocycles. The number of carbonyl (C=O) groups is 1. The van der Waals surface area contributed by atoms with Gasteiger partial charge in [0.25, 0.3) is 0 Å². The van der Waals surface area contributed by atoms with Gasteiger partial charge in [-0.15, -0.1) is 11.3 Å².